The van der Waals surface area contributed by atoms with E-state index in [1.54, 1.807) is 36.7 Å². The SMILES string of the molecule is Cc1ccc(NN)c(C(=O)Nc2ccncc2)c1. The lowest BCUT2D eigenvalue weighted by Crippen LogP contribution is -2.17. The number of aryl methyl sites for hydroxylation is 1. The van der Waals surface area contributed by atoms with E-state index in [1.807, 2.05) is 13.0 Å². The van der Waals surface area contributed by atoms with Crippen LogP contribution in [0.4, 0.5) is 11.4 Å². The Bertz CT molecular complexity index is 554. The topological polar surface area (TPSA) is 80.0 Å². The number of rotatable bonds is 3. The quantitative estimate of drug-likeness (QED) is 0.567. The zero-order valence-corrected chi connectivity index (χ0v) is 9.97. The van der Waals surface area contributed by atoms with Crippen molar-refractivity contribution in [3.8, 4) is 0 Å². The average Bonchev–Trinajstić information content (AvgIpc) is 2.40. The fourth-order valence-corrected chi connectivity index (χ4v) is 1.61. The van der Waals surface area contributed by atoms with Crippen LogP contribution < -0.4 is 16.6 Å². The second kappa shape index (κ2) is 5.29. The summed E-state index contributed by atoms with van der Waals surface area (Å²) in [5, 5.41) is 2.79. The number of amides is 1. The van der Waals surface area contributed by atoms with Gasteiger partial charge in [-0.25, -0.2) is 0 Å². The minimum Gasteiger partial charge on any atom is -0.323 e. The van der Waals surface area contributed by atoms with Crippen LogP contribution in [-0.2, 0) is 0 Å². The van der Waals surface area contributed by atoms with Crippen LogP contribution in [0.2, 0.25) is 0 Å². The van der Waals surface area contributed by atoms with Gasteiger partial charge in [0.15, 0.2) is 0 Å². The summed E-state index contributed by atoms with van der Waals surface area (Å²) < 4.78 is 0. The van der Waals surface area contributed by atoms with Crippen LogP contribution in [0.1, 0.15) is 15.9 Å². The number of hydrogen-bond acceptors (Lipinski definition) is 4. The van der Waals surface area contributed by atoms with Crippen molar-refractivity contribution in [3.05, 3.63) is 53.9 Å². The number of benzene rings is 1. The maximum atomic E-state index is 12.1. The van der Waals surface area contributed by atoms with E-state index in [0.717, 1.165) is 5.56 Å². The number of nitrogens with one attached hydrogen (secondary N) is 2. The van der Waals surface area contributed by atoms with Gasteiger partial charge in [0.2, 0.25) is 0 Å². The molecule has 18 heavy (non-hydrogen) atoms. The minimum absolute atomic E-state index is 0.210. The highest BCUT2D eigenvalue weighted by atomic mass is 16.1. The Labute approximate surface area is 105 Å². The monoisotopic (exact) mass is 242 g/mol. The van der Waals surface area contributed by atoms with Crippen molar-refractivity contribution >= 4 is 17.3 Å². The first-order valence-corrected chi connectivity index (χ1v) is 5.49. The van der Waals surface area contributed by atoms with Crippen molar-refractivity contribution in [2.75, 3.05) is 10.7 Å². The van der Waals surface area contributed by atoms with Crippen LogP contribution in [0.5, 0.6) is 0 Å². The summed E-state index contributed by atoms with van der Waals surface area (Å²) in [7, 11) is 0. The predicted molar refractivity (Wildman–Crippen MR) is 71.2 cm³/mol. The molecule has 5 nitrogen and oxygen atoms in total. The lowest BCUT2D eigenvalue weighted by atomic mass is 10.1. The maximum absolute atomic E-state index is 12.1. The largest absolute Gasteiger partial charge is 0.323 e. The molecule has 0 aliphatic carbocycles. The van der Waals surface area contributed by atoms with Crippen LogP contribution >= 0.6 is 0 Å². The Balaban J connectivity index is 2.26. The number of nitrogens with zero attached hydrogens (tertiary/aromatic N) is 1. The average molecular weight is 242 g/mol. The number of anilines is 2. The van der Waals surface area contributed by atoms with Crippen molar-refractivity contribution in [1.82, 2.24) is 4.98 Å². The second-order valence-corrected chi connectivity index (χ2v) is 3.88. The molecule has 0 aliphatic rings. The van der Waals surface area contributed by atoms with E-state index in [0.29, 0.717) is 16.9 Å². The van der Waals surface area contributed by atoms with E-state index in [4.69, 9.17) is 5.84 Å². The zero-order chi connectivity index (χ0) is 13.0. The van der Waals surface area contributed by atoms with Crippen LogP contribution in [-0.4, -0.2) is 10.9 Å². The van der Waals surface area contributed by atoms with Gasteiger partial charge in [-0.3, -0.25) is 15.6 Å². The Morgan fingerprint density at radius 1 is 1.22 bits per heavy atom. The van der Waals surface area contributed by atoms with Gasteiger partial charge in [0, 0.05) is 18.1 Å². The summed E-state index contributed by atoms with van der Waals surface area (Å²) in [5.41, 5.74) is 5.30. The molecule has 0 atom stereocenters. The molecular weight excluding hydrogens is 228 g/mol. The minimum atomic E-state index is -0.210. The third-order valence-corrected chi connectivity index (χ3v) is 2.51. The van der Waals surface area contributed by atoms with E-state index >= 15 is 0 Å². The first-order chi connectivity index (χ1) is 8.70. The molecule has 0 saturated heterocycles. The number of nitrogen functional groups attached to an aromatic ring is 1. The summed E-state index contributed by atoms with van der Waals surface area (Å²) in [5.74, 6) is 5.18. The fourth-order valence-electron chi connectivity index (χ4n) is 1.61. The molecule has 0 aliphatic heterocycles. The Morgan fingerprint density at radius 3 is 2.61 bits per heavy atom. The number of carbonyl (C=O) groups is 1. The maximum Gasteiger partial charge on any atom is 0.257 e. The number of pyridine rings is 1. The van der Waals surface area contributed by atoms with Gasteiger partial charge in [-0.2, -0.15) is 0 Å². The molecule has 2 rings (SSSR count). The smallest absolute Gasteiger partial charge is 0.257 e. The fraction of sp³-hybridized carbons (Fsp3) is 0.0769. The van der Waals surface area contributed by atoms with Gasteiger partial charge >= 0.3 is 0 Å². The van der Waals surface area contributed by atoms with Gasteiger partial charge in [-0.05, 0) is 31.2 Å². The van der Waals surface area contributed by atoms with Crippen molar-refractivity contribution in [3.63, 3.8) is 0 Å². The molecule has 0 radical (unpaired) electrons. The molecular formula is C13H14N4O. The summed E-state index contributed by atoms with van der Waals surface area (Å²) >= 11 is 0. The lowest BCUT2D eigenvalue weighted by Gasteiger charge is -2.10. The first kappa shape index (κ1) is 12.1. The van der Waals surface area contributed by atoms with Gasteiger partial charge in [0.05, 0.1) is 11.3 Å². The molecule has 2 aromatic rings. The Hall–Kier alpha value is -2.40. The predicted octanol–water partition coefficient (Wildman–Crippen LogP) is 1.93. The van der Waals surface area contributed by atoms with E-state index < -0.39 is 0 Å². The molecule has 1 aromatic carbocycles. The van der Waals surface area contributed by atoms with Crippen LogP contribution in [0.3, 0.4) is 0 Å². The summed E-state index contributed by atoms with van der Waals surface area (Å²) in [6.45, 7) is 1.92. The molecule has 0 unspecified atom stereocenters. The highest BCUT2D eigenvalue weighted by Crippen LogP contribution is 2.18. The van der Waals surface area contributed by atoms with Gasteiger partial charge in [0.25, 0.3) is 5.91 Å². The first-order valence-electron chi connectivity index (χ1n) is 5.49. The van der Waals surface area contributed by atoms with Crippen LogP contribution in [0.25, 0.3) is 0 Å². The third kappa shape index (κ3) is 2.64. The standard InChI is InChI=1S/C13H14N4O/c1-9-2-3-12(17-14)11(8-9)13(18)16-10-4-6-15-7-5-10/h2-8,17H,14H2,1H3,(H,15,16,18). The summed E-state index contributed by atoms with van der Waals surface area (Å²) in [4.78, 5) is 16.0. The lowest BCUT2D eigenvalue weighted by molar-refractivity contribution is 0.102. The van der Waals surface area contributed by atoms with Crippen molar-refractivity contribution < 1.29 is 4.79 Å². The van der Waals surface area contributed by atoms with Crippen molar-refractivity contribution in [2.45, 2.75) is 6.92 Å². The molecule has 4 N–H and O–H groups in total. The normalized spacial score (nSPS) is 9.89. The Kier molecular flexibility index (Phi) is 3.54. The number of hydrogen-bond donors (Lipinski definition) is 3. The van der Waals surface area contributed by atoms with E-state index in [9.17, 15) is 4.79 Å². The molecule has 0 bridgehead atoms. The van der Waals surface area contributed by atoms with Crippen molar-refractivity contribution in [1.29, 1.82) is 0 Å². The number of hydrazine groups is 1. The van der Waals surface area contributed by atoms with E-state index in [-0.39, 0.29) is 5.91 Å². The molecule has 0 fully saturated rings. The molecule has 5 heteroatoms. The third-order valence-electron chi connectivity index (χ3n) is 2.51. The second-order valence-electron chi connectivity index (χ2n) is 3.88. The number of carbonyl (C=O) groups excluding carboxylic acids is 1. The molecule has 1 heterocycles. The summed E-state index contributed by atoms with van der Waals surface area (Å²) in [6, 6.07) is 8.90. The van der Waals surface area contributed by atoms with Crippen LogP contribution in [0, 0.1) is 6.92 Å². The van der Waals surface area contributed by atoms with Crippen LogP contribution in [0.15, 0.2) is 42.7 Å². The summed E-state index contributed by atoms with van der Waals surface area (Å²) in [6.07, 6.45) is 3.24. The van der Waals surface area contributed by atoms with Crippen molar-refractivity contribution in [2.24, 2.45) is 5.84 Å². The van der Waals surface area contributed by atoms with Gasteiger partial charge in [0.1, 0.15) is 0 Å². The highest BCUT2D eigenvalue weighted by Gasteiger charge is 2.11. The van der Waals surface area contributed by atoms with E-state index in [1.165, 1.54) is 0 Å². The van der Waals surface area contributed by atoms with E-state index in [2.05, 4.69) is 15.7 Å². The van der Waals surface area contributed by atoms with Gasteiger partial charge in [-0.15, -0.1) is 0 Å². The molecule has 0 spiro atoms. The van der Waals surface area contributed by atoms with Gasteiger partial charge < -0.3 is 10.7 Å². The number of nitrogens with two attached hydrogens (primary N) is 1. The highest BCUT2D eigenvalue weighted by molar-refractivity contribution is 6.08. The zero-order valence-electron chi connectivity index (χ0n) is 9.97. The molecule has 1 amide bonds. The molecule has 0 saturated carbocycles. The molecule has 1 aromatic heterocycles. The van der Waals surface area contributed by atoms with Gasteiger partial charge in [-0.1, -0.05) is 11.6 Å². The number of aromatic nitrogens is 1. The Morgan fingerprint density at radius 2 is 1.94 bits per heavy atom. The molecule has 92 valence electrons.